The Balaban J connectivity index is 1.46. The molecule has 4 aromatic rings. The molecule has 0 bridgehead atoms. The lowest BCUT2D eigenvalue weighted by atomic mass is 10.1. The second kappa shape index (κ2) is 7.80. The molecule has 0 saturated heterocycles. The standard InChI is InChI=1S/C19H13ClF2N6O/c20-13-3-1-10(5-14(13)21)7-23-19(29)27-16-4-2-11(6-15(16)22)17-12-8-26-28-18(12)25-9-24-17/h1-6,8-9H,7H2,(H2,23,27,29)(H,24,25,26,28). The predicted molar refractivity (Wildman–Crippen MR) is 104 cm³/mol. The Morgan fingerprint density at radius 3 is 2.76 bits per heavy atom. The van der Waals surface area contributed by atoms with Crippen LogP contribution in [0.4, 0.5) is 19.3 Å². The first-order valence-electron chi connectivity index (χ1n) is 8.44. The molecule has 2 amide bonds. The quantitative estimate of drug-likeness (QED) is 0.464. The Labute approximate surface area is 168 Å². The smallest absolute Gasteiger partial charge is 0.319 e. The summed E-state index contributed by atoms with van der Waals surface area (Å²) in [6.07, 6.45) is 2.91. The number of amides is 2. The normalized spacial score (nSPS) is 10.9. The number of H-pyrrole nitrogens is 1. The average molecular weight is 415 g/mol. The molecule has 146 valence electrons. The molecule has 2 aromatic heterocycles. The molecule has 10 heteroatoms. The van der Waals surface area contributed by atoms with Crippen LogP contribution in [-0.4, -0.2) is 26.2 Å². The van der Waals surface area contributed by atoms with Gasteiger partial charge in [-0.3, -0.25) is 5.10 Å². The Morgan fingerprint density at radius 2 is 1.97 bits per heavy atom. The first-order valence-corrected chi connectivity index (χ1v) is 8.82. The van der Waals surface area contributed by atoms with Crippen LogP contribution < -0.4 is 10.6 Å². The Morgan fingerprint density at radius 1 is 1.10 bits per heavy atom. The van der Waals surface area contributed by atoms with Crippen molar-refractivity contribution in [3.63, 3.8) is 0 Å². The highest BCUT2D eigenvalue weighted by Crippen LogP contribution is 2.27. The van der Waals surface area contributed by atoms with Gasteiger partial charge in [-0.15, -0.1) is 0 Å². The lowest BCUT2D eigenvalue weighted by Crippen LogP contribution is -2.28. The van der Waals surface area contributed by atoms with E-state index in [0.717, 1.165) is 0 Å². The summed E-state index contributed by atoms with van der Waals surface area (Å²) in [6, 6.07) is 7.89. The summed E-state index contributed by atoms with van der Waals surface area (Å²) in [4.78, 5) is 20.3. The molecule has 3 N–H and O–H groups in total. The number of carbonyl (C=O) groups is 1. The number of halogens is 3. The third-order valence-electron chi connectivity index (χ3n) is 4.18. The SMILES string of the molecule is O=C(NCc1ccc(Cl)c(F)c1)Nc1ccc(-c2ncnc3[nH]ncc23)cc1F. The van der Waals surface area contributed by atoms with E-state index in [2.05, 4.69) is 30.8 Å². The van der Waals surface area contributed by atoms with E-state index in [1.807, 2.05) is 0 Å². The highest BCUT2D eigenvalue weighted by molar-refractivity contribution is 6.30. The summed E-state index contributed by atoms with van der Waals surface area (Å²) >= 11 is 5.62. The Kier molecular flexibility index (Phi) is 5.05. The van der Waals surface area contributed by atoms with Gasteiger partial charge >= 0.3 is 6.03 Å². The van der Waals surface area contributed by atoms with Crippen LogP contribution in [0.2, 0.25) is 5.02 Å². The minimum absolute atomic E-state index is 0.00301. The van der Waals surface area contributed by atoms with Crippen LogP contribution in [0.5, 0.6) is 0 Å². The summed E-state index contributed by atoms with van der Waals surface area (Å²) < 4.78 is 27.9. The fourth-order valence-corrected chi connectivity index (χ4v) is 2.87. The number of aromatic amines is 1. The van der Waals surface area contributed by atoms with Crippen molar-refractivity contribution in [1.82, 2.24) is 25.5 Å². The number of nitrogens with one attached hydrogen (secondary N) is 3. The molecular formula is C19H13ClF2N6O. The number of rotatable bonds is 4. The molecular weight excluding hydrogens is 402 g/mol. The highest BCUT2D eigenvalue weighted by atomic mass is 35.5. The van der Waals surface area contributed by atoms with Crippen molar-refractivity contribution in [2.24, 2.45) is 0 Å². The van der Waals surface area contributed by atoms with Crippen molar-refractivity contribution in [3.8, 4) is 11.3 Å². The van der Waals surface area contributed by atoms with Crippen LogP contribution in [0.3, 0.4) is 0 Å². The number of urea groups is 1. The van der Waals surface area contributed by atoms with E-state index < -0.39 is 17.7 Å². The molecule has 0 spiro atoms. The predicted octanol–water partition coefficient (Wildman–Crippen LogP) is 4.27. The fourth-order valence-electron chi connectivity index (χ4n) is 2.76. The molecule has 29 heavy (non-hydrogen) atoms. The van der Waals surface area contributed by atoms with Gasteiger partial charge in [0.25, 0.3) is 0 Å². The number of benzene rings is 2. The molecule has 0 radical (unpaired) electrons. The van der Waals surface area contributed by atoms with Crippen molar-refractivity contribution in [3.05, 3.63) is 71.1 Å². The van der Waals surface area contributed by atoms with E-state index in [1.54, 1.807) is 18.3 Å². The molecule has 0 aliphatic heterocycles. The summed E-state index contributed by atoms with van der Waals surface area (Å²) in [5.41, 5.74) is 2.08. The van der Waals surface area contributed by atoms with Crippen LogP contribution in [0.1, 0.15) is 5.56 Å². The molecule has 2 heterocycles. The van der Waals surface area contributed by atoms with Gasteiger partial charge in [0.05, 0.1) is 28.0 Å². The van der Waals surface area contributed by atoms with Gasteiger partial charge in [-0.1, -0.05) is 23.7 Å². The van der Waals surface area contributed by atoms with Crippen molar-refractivity contribution in [1.29, 1.82) is 0 Å². The van der Waals surface area contributed by atoms with Gasteiger partial charge < -0.3 is 10.6 Å². The highest BCUT2D eigenvalue weighted by Gasteiger charge is 2.12. The zero-order chi connectivity index (χ0) is 20.4. The zero-order valence-corrected chi connectivity index (χ0v) is 15.5. The first kappa shape index (κ1) is 18.8. The van der Waals surface area contributed by atoms with E-state index in [4.69, 9.17) is 11.6 Å². The summed E-state index contributed by atoms with van der Waals surface area (Å²) in [6.45, 7) is 0.0546. The third-order valence-corrected chi connectivity index (χ3v) is 4.48. The van der Waals surface area contributed by atoms with E-state index in [0.29, 0.717) is 27.9 Å². The maximum Gasteiger partial charge on any atom is 0.319 e. The monoisotopic (exact) mass is 414 g/mol. The minimum atomic E-state index is -0.634. The molecule has 2 aromatic carbocycles. The van der Waals surface area contributed by atoms with Gasteiger partial charge in [-0.2, -0.15) is 5.10 Å². The maximum absolute atomic E-state index is 14.5. The number of aromatic nitrogens is 4. The second-order valence-electron chi connectivity index (χ2n) is 6.11. The average Bonchev–Trinajstić information content (AvgIpc) is 3.19. The molecule has 4 rings (SSSR count). The lowest BCUT2D eigenvalue weighted by Gasteiger charge is -2.10. The second-order valence-corrected chi connectivity index (χ2v) is 6.51. The van der Waals surface area contributed by atoms with Gasteiger partial charge in [-0.05, 0) is 29.8 Å². The Hall–Kier alpha value is -3.59. The molecule has 0 unspecified atom stereocenters. The van der Waals surface area contributed by atoms with Crippen LogP contribution in [-0.2, 0) is 6.54 Å². The van der Waals surface area contributed by atoms with Crippen molar-refractivity contribution < 1.29 is 13.6 Å². The lowest BCUT2D eigenvalue weighted by molar-refractivity contribution is 0.251. The largest absolute Gasteiger partial charge is 0.334 e. The van der Waals surface area contributed by atoms with Crippen LogP contribution >= 0.6 is 11.6 Å². The van der Waals surface area contributed by atoms with E-state index in [-0.39, 0.29) is 17.3 Å². The number of carbonyl (C=O) groups excluding carboxylic acids is 1. The number of anilines is 1. The minimum Gasteiger partial charge on any atom is -0.334 e. The van der Waals surface area contributed by atoms with E-state index in [1.165, 1.54) is 30.6 Å². The van der Waals surface area contributed by atoms with E-state index >= 15 is 0 Å². The number of fused-ring (bicyclic) bond motifs is 1. The molecule has 0 aliphatic rings. The van der Waals surface area contributed by atoms with E-state index in [9.17, 15) is 13.6 Å². The molecule has 0 fully saturated rings. The Bertz CT molecular complexity index is 1210. The molecule has 7 nitrogen and oxygen atoms in total. The van der Waals surface area contributed by atoms with Crippen LogP contribution in [0.25, 0.3) is 22.3 Å². The van der Waals surface area contributed by atoms with Crippen molar-refractivity contribution in [2.75, 3.05) is 5.32 Å². The molecule has 0 atom stereocenters. The summed E-state index contributed by atoms with van der Waals surface area (Å²) in [5.74, 6) is -1.21. The number of hydrogen-bond acceptors (Lipinski definition) is 4. The third kappa shape index (κ3) is 3.99. The van der Waals surface area contributed by atoms with Crippen molar-refractivity contribution >= 4 is 34.4 Å². The zero-order valence-electron chi connectivity index (χ0n) is 14.7. The molecule has 0 aliphatic carbocycles. The summed E-state index contributed by atoms with van der Waals surface area (Å²) in [7, 11) is 0. The van der Waals surface area contributed by atoms with Gasteiger partial charge in [-0.25, -0.2) is 23.5 Å². The maximum atomic E-state index is 14.5. The first-order chi connectivity index (χ1) is 14.0. The fraction of sp³-hybridized carbons (Fsp3) is 0.0526. The number of nitrogens with zero attached hydrogens (tertiary/aromatic N) is 3. The summed E-state index contributed by atoms with van der Waals surface area (Å²) in [5, 5.41) is 12.2. The molecule has 0 saturated carbocycles. The van der Waals surface area contributed by atoms with Gasteiger partial charge in [0.2, 0.25) is 0 Å². The van der Waals surface area contributed by atoms with Crippen molar-refractivity contribution in [2.45, 2.75) is 6.54 Å². The van der Waals surface area contributed by atoms with Gasteiger partial charge in [0, 0.05) is 12.1 Å². The topological polar surface area (TPSA) is 95.6 Å². The van der Waals surface area contributed by atoms with Crippen LogP contribution in [0.15, 0.2) is 48.9 Å². The van der Waals surface area contributed by atoms with Crippen LogP contribution in [0, 0.1) is 11.6 Å². The number of hydrogen-bond donors (Lipinski definition) is 3. The van der Waals surface area contributed by atoms with Gasteiger partial charge in [0.15, 0.2) is 5.65 Å². The van der Waals surface area contributed by atoms with Gasteiger partial charge in [0.1, 0.15) is 18.0 Å².